The molecule has 0 fully saturated rings. The number of nitrogens with two attached hydrogens (primary N) is 1. The second kappa shape index (κ2) is 5.25. The summed E-state index contributed by atoms with van der Waals surface area (Å²) < 4.78 is 0. The Hall–Kier alpha value is -2.49. The highest BCUT2D eigenvalue weighted by Crippen LogP contribution is 2.27. The number of aromatic nitrogens is 1. The van der Waals surface area contributed by atoms with Gasteiger partial charge in [0.15, 0.2) is 0 Å². The molecule has 1 aromatic heterocycles. The lowest BCUT2D eigenvalue weighted by molar-refractivity contribution is 0.881. The maximum absolute atomic E-state index is 5.85. The quantitative estimate of drug-likeness (QED) is 0.906. The maximum Gasteiger partial charge on any atom is 0.123 e. The molecule has 0 spiro atoms. The topological polar surface area (TPSA) is 63.6 Å². The van der Waals surface area contributed by atoms with Crippen molar-refractivity contribution < 1.29 is 0 Å². The Morgan fingerprint density at radius 3 is 2.55 bits per heavy atom. The standard InChI is InChI=1S/C16H16N4/c1-11-7-8-14(18-10-11)16-13(9-15(17)19-20-16)12-5-3-2-4-6-12/h2-8,10,13H,9H2,1H3,(H2,17,19). The summed E-state index contributed by atoms with van der Waals surface area (Å²) >= 11 is 0. The van der Waals surface area contributed by atoms with Gasteiger partial charge in [-0.1, -0.05) is 36.4 Å². The summed E-state index contributed by atoms with van der Waals surface area (Å²) in [5.74, 6) is 0.679. The third-order valence-corrected chi connectivity index (χ3v) is 3.41. The van der Waals surface area contributed by atoms with Crippen molar-refractivity contribution in [1.29, 1.82) is 0 Å². The molecule has 2 N–H and O–H groups in total. The van der Waals surface area contributed by atoms with Gasteiger partial charge in [-0.3, -0.25) is 4.98 Å². The lowest BCUT2D eigenvalue weighted by atomic mass is 9.88. The van der Waals surface area contributed by atoms with Gasteiger partial charge in [0, 0.05) is 18.5 Å². The minimum Gasteiger partial charge on any atom is -0.386 e. The summed E-state index contributed by atoms with van der Waals surface area (Å²) in [5.41, 5.74) is 9.91. The Morgan fingerprint density at radius 1 is 1.05 bits per heavy atom. The molecule has 4 heteroatoms. The highest BCUT2D eigenvalue weighted by Gasteiger charge is 2.25. The molecule has 100 valence electrons. The van der Waals surface area contributed by atoms with Gasteiger partial charge in [-0.25, -0.2) is 0 Å². The van der Waals surface area contributed by atoms with E-state index in [9.17, 15) is 0 Å². The summed E-state index contributed by atoms with van der Waals surface area (Å²) in [6, 6.07) is 14.3. The van der Waals surface area contributed by atoms with Crippen LogP contribution in [0.3, 0.4) is 0 Å². The van der Waals surface area contributed by atoms with Gasteiger partial charge in [0.1, 0.15) is 5.84 Å². The van der Waals surface area contributed by atoms with Crippen molar-refractivity contribution in [3.63, 3.8) is 0 Å². The van der Waals surface area contributed by atoms with Gasteiger partial charge >= 0.3 is 0 Å². The van der Waals surface area contributed by atoms with Crippen molar-refractivity contribution in [2.24, 2.45) is 15.9 Å². The number of nitrogens with zero attached hydrogens (tertiary/aromatic N) is 3. The molecule has 20 heavy (non-hydrogen) atoms. The second-order valence-electron chi connectivity index (χ2n) is 4.96. The van der Waals surface area contributed by atoms with E-state index in [0.29, 0.717) is 12.3 Å². The summed E-state index contributed by atoms with van der Waals surface area (Å²) in [6.07, 6.45) is 2.53. The highest BCUT2D eigenvalue weighted by atomic mass is 15.2. The molecule has 0 amide bonds. The zero-order chi connectivity index (χ0) is 13.9. The van der Waals surface area contributed by atoms with Crippen molar-refractivity contribution in [1.82, 2.24) is 4.98 Å². The van der Waals surface area contributed by atoms with Crippen LogP contribution >= 0.6 is 0 Å². The van der Waals surface area contributed by atoms with E-state index in [-0.39, 0.29) is 5.92 Å². The van der Waals surface area contributed by atoms with E-state index in [2.05, 4.69) is 27.3 Å². The minimum absolute atomic E-state index is 0.115. The van der Waals surface area contributed by atoms with Crippen molar-refractivity contribution in [2.45, 2.75) is 19.3 Å². The molecule has 0 saturated heterocycles. The molecular formula is C16H16N4. The normalized spacial score (nSPS) is 18.4. The van der Waals surface area contributed by atoms with Crippen LogP contribution in [-0.4, -0.2) is 16.5 Å². The summed E-state index contributed by atoms with van der Waals surface area (Å²) in [5, 5.41) is 8.31. The lowest BCUT2D eigenvalue weighted by Crippen LogP contribution is -2.26. The monoisotopic (exact) mass is 264 g/mol. The Kier molecular flexibility index (Phi) is 3.29. The fourth-order valence-corrected chi connectivity index (χ4v) is 2.34. The Bertz CT molecular complexity index is 657. The van der Waals surface area contributed by atoms with Crippen LogP contribution in [0, 0.1) is 6.92 Å². The first kappa shape index (κ1) is 12.5. The molecule has 1 atom stereocenters. The number of aryl methyl sites for hydroxylation is 1. The zero-order valence-electron chi connectivity index (χ0n) is 11.3. The van der Waals surface area contributed by atoms with Gasteiger partial charge < -0.3 is 5.73 Å². The Morgan fingerprint density at radius 2 is 1.85 bits per heavy atom. The molecule has 0 radical (unpaired) electrons. The minimum atomic E-state index is 0.115. The van der Waals surface area contributed by atoms with E-state index in [4.69, 9.17) is 5.73 Å². The van der Waals surface area contributed by atoms with E-state index in [1.165, 1.54) is 5.56 Å². The largest absolute Gasteiger partial charge is 0.386 e. The summed E-state index contributed by atoms with van der Waals surface area (Å²) in [7, 11) is 0. The van der Waals surface area contributed by atoms with Crippen molar-refractivity contribution in [3.8, 4) is 0 Å². The van der Waals surface area contributed by atoms with Gasteiger partial charge in [0.2, 0.25) is 0 Å². The number of rotatable bonds is 2. The predicted octanol–water partition coefficient (Wildman–Crippen LogP) is 2.64. The molecular weight excluding hydrogens is 248 g/mol. The zero-order valence-corrected chi connectivity index (χ0v) is 11.3. The van der Waals surface area contributed by atoms with Crippen LogP contribution in [0.15, 0.2) is 58.9 Å². The molecule has 3 rings (SSSR count). The van der Waals surface area contributed by atoms with E-state index < -0.39 is 0 Å². The van der Waals surface area contributed by atoms with Crippen LogP contribution in [0.1, 0.15) is 29.2 Å². The van der Waals surface area contributed by atoms with Crippen molar-refractivity contribution >= 4 is 11.5 Å². The molecule has 4 nitrogen and oxygen atoms in total. The first-order chi connectivity index (χ1) is 9.74. The van der Waals surface area contributed by atoms with E-state index >= 15 is 0 Å². The number of benzene rings is 1. The first-order valence-electron chi connectivity index (χ1n) is 6.62. The molecule has 1 aliphatic heterocycles. The second-order valence-corrected chi connectivity index (χ2v) is 4.96. The lowest BCUT2D eigenvalue weighted by Gasteiger charge is -2.21. The van der Waals surface area contributed by atoms with Crippen molar-refractivity contribution in [3.05, 3.63) is 65.5 Å². The van der Waals surface area contributed by atoms with E-state index in [1.54, 1.807) is 0 Å². The smallest absolute Gasteiger partial charge is 0.123 e. The van der Waals surface area contributed by atoms with E-state index in [0.717, 1.165) is 17.0 Å². The molecule has 1 unspecified atom stereocenters. The Balaban J connectivity index is 2.03. The fraction of sp³-hybridized carbons (Fsp3) is 0.188. The number of pyridine rings is 1. The molecule has 0 saturated carbocycles. The van der Waals surface area contributed by atoms with Crippen LogP contribution < -0.4 is 5.73 Å². The molecule has 2 aromatic rings. The van der Waals surface area contributed by atoms with Crippen LogP contribution in [0.2, 0.25) is 0 Å². The number of hydrogen-bond acceptors (Lipinski definition) is 4. The van der Waals surface area contributed by atoms with Gasteiger partial charge in [-0.15, -0.1) is 5.10 Å². The average Bonchev–Trinajstić information content (AvgIpc) is 2.49. The van der Waals surface area contributed by atoms with Crippen LogP contribution in [0.25, 0.3) is 0 Å². The maximum atomic E-state index is 5.85. The van der Waals surface area contributed by atoms with E-state index in [1.807, 2.05) is 43.5 Å². The van der Waals surface area contributed by atoms with Crippen molar-refractivity contribution in [2.75, 3.05) is 0 Å². The van der Waals surface area contributed by atoms with Gasteiger partial charge in [0.05, 0.1) is 11.4 Å². The fourth-order valence-electron chi connectivity index (χ4n) is 2.34. The molecule has 1 aliphatic rings. The Labute approximate surface area is 118 Å². The molecule has 2 heterocycles. The summed E-state index contributed by atoms with van der Waals surface area (Å²) in [6.45, 7) is 2.02. The first-order valence-corrected chi connectivity index (χ1v) is 6.62. The van der Waals surface area contributed by atoms with Gasteiger partial charge in [-0.2, -0.15) is 5.10 Å². The summed E-state index contributed by atoms with van der Waals surface area (Å²) in [4.78, 5) is 4.46. The van der Waals surface area contributed by atoms with Crippen LogP contribution in [0.5, 0.6) is 0 Å². The van der Waals surface area contributed by atoms with Crippen LogP contribution in [0.4, 0.5) is 0 Å². The number of hydrogen-bond donors (Lipinski definition) is 1. The highest BCUT2D eigenvalue weighted by molar-refractivity contribution is 6.07. The molecule has 1 aromatic carbocycles. The number of amidine groups is 1. The average molecular weight is 264 g/mol. The molecule has 0 aliphatic carbocycles. The third-order valence-electron chi connectivity index (χ3n) is 3.41. The third kappa shape index (κ3) is 2.45. The van der Waals surface area contributed by atoms with Gasteiger partial charge in [-0.05, 0) is 24.1 Å². The van der Waals surface area contributed by atoms with Gasteiger partial charge in [0.25, 0.3) is 0 Å². The predicted molar refractivity (Wildman–Crippen MR) is 80.9 cm³/mol. The van der Waals surface area contributed by atoms with Crippen LogP contribution in [-0.2, 0) is 0 Å². The SMILES string of the molecule is Cc1ccc(C2=NN=C(N)CC2c2ccccc2)nc1. The molecule has 0 bridgehead atoms.